The molecular weight excluding hydrogens is 232 g/mol. The van der Waals surface area contributed by atoms with Crippen molar-refractivity contribution in [3.63, 3.8) is 0 Å². The molecule has 0 unspecified atom stereocenters. The van der Waals surface area contributed by atoms with Gasteiger partial charge in [-0.05, 0) is 13.0 Å². The standard InChI is InChI=1S/C11H11F2NO3/c1-6-2-3-8(15)7(4-6)9-11(12,13)5-17-10(16)14-9/h2-4,9,15H,5H2,1H3,(H,14,16)/t9-/m0/s1. The molecule has 0 aromatic heterocycles. The minimum absolute atomic E-state index is 0.00773. The lowest BCUT2D eigenvalue weighted by Crippen LogP contribution is -2.49. The summed E-state index contributed by atoms with van der Waals surface area (Å²) in [6, 6.07) is 2.77. The maximum absolute atomic E-state index is 13.6. The molecule has 1 heterocycles. The fraction of sp³-hybridized carbons (Fsp3) is 0.364. The van der Waals surface area contributed by atoms with Crippen molar-refractivity contribution >= 4 is 6.09 Å². The lowest BCUT2D eigenvalue weighted by Gasteiger charge is -2.32. The number of amides is 1. The Bertz CT molecular complexity index is 462. The first-order valence-corrected chi connectivity index (χ1v) is 5.01. The molecule has 1 fully saturated rings. The highest BCUT2D eigenvalue weighted by Gasteiger charge is 2.47. The van der Waals surface area contributed by atoms with Gasteiger partial charge in [-0.3, -0.25) is 0 Å². The van der Waals surface area contributed by atoms with Crippen LogP contribution in [-0.4, -0.2) is 23.7 Å². The number of rotatable bonds is 1. The molecule has 0 spiro atoms. The first-order chi connectivity index (χ1) is 7.90. The Hall–Kier alpha value is -1.85. The number of ether oxygens (including phenoxy) is 1. The molecule has 1 amide bonds. The summed E-state index contributed by atoms with van der Waals surface area (Å²) in [6.45, 7) is 0.721. The molecular formula is C11H11F2NO3. The number of hydrogen-bond donors (Lipinski definition) is 2. The van der Waals surface area contributed by atoms with Crippen LogP contribution in [0.2, 0.25) is 0 Å². The Labute approximate surface area is 96.2 Å². The fourth-order valence-corrected chi connectivity index (χ4v) is 1.72. The van der Waals surface area contributed by atoms with Crippen molar-refractivity contribution in [2.24, 2.45) is 0 Å². The molecule has 2 rings (SSSR count). The third-order valence-corrected chi connectivity index (χ3v) is 2.57. The van der Waals surface area contributed by atoms with Crippen LogP contribution < -0.4 is 5.32 Å². The summed E-state index contributed by atoms with van der Waals surface area (Å²) in [4.78, 5) is 11.0. The van der Waals surface area contributed by atoms with Gasteiger partial charge in [0.2, 0.25) is 0 Å². The second-order valence-corrected chi connectivity index (χ2v) is 3.98. The number of halogens is 2. The Morgan fingerprint density at radius 3 is 2.94 bits per heavy atom. The van der Waals surface area contributed by atoms with Gasteiger partial charge in [-0.1, -0.05) is 17.7 Å². The van der Waals surface area contributed by atoms with Crippen molar-refractivity contribution in [2.75, 3.05) is 6.61 Å². The SMILES string of the molecule is Cc1ccc(O)c([C@@H]2NC(=O)OCC2(F)F)c1. The van der Waals surface area contributed by atoms with Crippen LogP contribution in [0, 0.1) is 6.92 Å². The van der Waals surface area contributed by atoms with Crippen LogP contribution in [0.3, 0.4) is 0 Å². The van der Waals surface area contributed by atoms with E-state index in [1.807, 2.05) is 5.32 Å². The fourth-order valence-electron chi connectivity index (χ4n) is 1.72. The van der Waals surface area contributed by atoms with Crippen molar-refractivity contribution in [1.29, 1.82) is 0 Å². The molecule has 1 aliphatic heterocycles. The molecule has 1 atom stereocenters. The Morgan fingerprint density at radius 2 is 2.24 bits per heavy atom. The molecule has 4 nitrogen and oxygen atoms in total. The van der Waals surface area contributed by atoms with E-state index in [1.54, 1.807) is 13.0 Å². The number of phenolic OH excluding ortho intramolecular Hbond substituents is 1. The zero-order chi connectivity index (χ0) is 12.6. The predicted octanol–water partition coefficient (Wildman–Crippen LogP) is 2.12. The molecule has 0 saturated carbocycles. The van der Waals surface area contributed by atoms with Gasteiger partial charge in [0.1, 0.15) is 11.8 Å². The second kappa shape index (κ2) is 3.87. The quantitative estimate of drug-likeness (QED) is 0.794. The lowest BCUT2D eigenvalue weighted by atomic mass is 9.97. The summed E-state index contributed by atoms with van der Waals surface area (Å²) >= 11 is 0. The number of carbonyl (C=O) groups is 1. The van der Waals surface area contributed by atoms with Gasteiger partial charge in [-0.15, -0.1) is 0 Å². The van der Waals surface area contributed by atoms with Crippen molar-refractivity contribution in [2.45, 2.75) is 18.9 Å². The number of benzene rings is 1. The monoisotopic (exact) mass is 243 g/mol. The smallest absolute Gasteiger partial charge is 0.408 e. The maximum Gasteiger partial charge on any atom is 0.408 e. The first-order valence-electron chi connectivity index (χ1n) is 5.01. The van der Waals surface area contributed by atoms with E-state index in [0.717, 1.165) is 0 Å². The van der Waals surface area contributed by atoms with Crippen LogP contribution in [0.1, 0.15) is 17.2 Å². The minimum atomic E-state index is -3.25. The topological polar surface area (TPSA) is 58.6 Å². The van der Waals surface area contributed by atoms with Crippen molar-refractivity contribution in [3.05, 3.63) is 29.3 Å². The molecule has 1 saturated heterocycles. The molecule has 1 aliphatic rings. The third kappa shape index (κ3) is 2.15. The summed E-state index contributed by atoms with van der Waals surface area (Å²) in [5, 5.41) is 11.6. The molecule has 2 N–H and O–H groups in total. The highest BCUT2D eigenvalue weighted by atomic mass is 19.3. The Kier molecular flexibility index (Phi) is 2.65. The van der Waals surface area contributed by atoms with Gasteiger partial charge in [0.05, 0.1) is 0 Å². The van der Waals surface area contributed by atoms with Gasteiger partial charge in [-0.25, -0.2) is 13.6 Å². The van der Waals surface area contributed by atoms with Gasteiger partial charge in [0.25, 0.3) is 0 Å². The van der Waals surface area contributed by atoms with Crippen molar-refractivity contribution < 1.29 is 23.4 Å². The molecule has 0 radical (unpaired) electrons. The number of phenols is 1. The van der Waals surface area contributed by atoms with Gasteiger partial charge in [-0.2, -0.15) is 0 Å². The van der Waals surface area contributed by atoms with E-state index in [4.69, 9.17) is 0 Å². The Morgan fingerprint density at radius 1 is 1.53 bits per heavy atom. The van der Waals surface area contributed by atoms with Gasteiger partial charge < -0.3 is 15.2 Å². The summed E-state index contributed by atoms with van der Waals surface area (Å²) in [7, 11) is 0. The van der Waals surface area contributed by atoms with Crippen molar-refractivity contribution in [3.8, 4) is 5.75 Å². The predicted molar refractivity (Wildman–Crippen MR) is 55.0 cm³/mol. The van der Waals surface area contributed by atoms with Crippen LogP contribution in [0.15, 0.2) is 18.2 Å². The van der Waals surface area contributed by atoms with E-state index >= 15 is 0 Å². The average Bonchev–Trinajstić information content (AvgIpc) is 2.26. The van der Waals surface area contributed by atoms with Gasteiger partial charge in [0.15, 0.2) is 6.61 Å². The second-order valence-electron chi connectivity index (χ2n) is 3.98. The lowest BCUT2D eigenvalue weighted by molar-refractivity contribution is -0.104. The molecule has 1 aromatic rings. The van der Waals surface area contributed by atoms with Crippen LogP contribution in [0.4, 0.5) is 13.6 Å². The van der Waals surface area contributed by atoms with Crippen LogP contribution in [-0.2, 0) is 4.74 Å². The molecule has 17 heavy (non-hydrogen) atoms. The Balaban J connectivity index is 2.42. The van der Waals surface area contributed by atoms with Gasteiger partial charge in [0, 0.05) is 5.56 Å². The highest BCUT2D eigenvalue weighted by Crippen LogP contribution is 2.38. The van der Waals surface area contributed by atoms with Crippen LogP contribution in [0.5, 0.6) is 5.75 Å². The number of hydrogen-bond acceptors (Lipinski definition) is 3. The zero-order valence-corrected chi connectivity index (χ0v) is 9.04. The van der Waals surface area contributed by atoms with Crippen LogP contribution >= 0.6 is 0 Å². The summed E-state index contributed by atoms with van der Waals surface area (Å²) in [6.07, 6.45) is -0.915. The van der Waals surface area contributed by atoms with Crippen LogP contribution in [0.25, 0.3) is 0 Å². The van der Waals surface area contributed by atoms with Gasteiger partial charge >= 0.3 is 12.0 Å². The summed E-state index contributed by atoms with van der Waals surface area (Å²) < 4.78 is 31.4. The van der Waals surface area contributed by atoms with E-state index in [9.17, 15) is 18.7 Å². The molecule has 92 valence electrons. The molecule has 0 bridgehead atoms. The van der Waals surface area contributed by atoms with E-state index in [1.165, 1.54) is 12.1 Å². The third-order valence-electron chi connectivity index (χ3n) is 2.57. The number of alkyl carbamates (subject to hydrolysis) is 1. The molecule has 6 heteroatoms. The van der Waals surface area contributed by atoms with E-state index in [-0.39, 0.29) is 11.3 Å². The number of cyclic esters (lactones) is 1. The average molecular weight is 243 g/mol. The number of alkyl halides is 2. The number of carbonyl (C=O) groups excluding carboxylic acids is 1. The minimum Gasteiger partial charge on any atom is -0.508 e. The number of aryl methyl sites for hydroxylation is 1. The summed E-state index contributed by atoms with van der Waals surface area (Å²) in [5.41, 5.74) is 0.709. The van der Waals surface area contributed by atoms with E-state index in [2.05, 4.69) is 4.74 Å². The summed E-state index contributed by atoms with van der Waals surface area (Å²) in [5.74, 6) is -3.53. The maximum atomic E-state index is 13.6. The molecule has 0 aliphatic carbocycles. The normalized spacial score (nSPS) is 22.8. The highest BCUT2D eigenvalue weighted by molar-refractivity contribution is 5.69. The van der Waals surface area contributed by atoms with Crippen molar-refractivity contribution in [1.82, 2.24) is 5.32 Å². The largest absolute Gasteiger partial charge is 0.508 e. The zero-order valence-electron chi connectivity index (χ0n) is 9.04. The number of aromatic hydroxyl groups is 1. The number of nitrogens with one attached hydrogen (secondary N) is 1. The van der Waals surface area contributed by atoms with E-state index in [0.29, 0.717) is 5.56 Å². The van der Waals surface area contributed by atoms with E-state index < -0.39 is 24.7 Å². The molecule has 1 aromatic carbocycles. The first kappa shape index (κ1) is 11.6.